The largest absolute Gasteiger partial charge is 0.480 e. The van der Waals surface area contributed by atoms with Gasteiger partial charge in [-0.1, -0.05) is 44.2 Å². The molecule has 4 unspecified atom stereocenters. The van der Waals surface area contributed by atoms with Gasteiger partial charge in [-0.05, 0) is 52.0 Å². The number of hydrogen-bond acceptors (Lipinski definition) is 7. The summed E-state index contributed by atoms with van der Waals surface area (Å²) in [6.07, 6.45) is -0.830. The van der Waals surface area contributed by atoms with Crippen molar-refractivity contribution in [2.75, 3.05) is 0 Å². The third kappa shape index (κ3) is 6.53. The second kappa shape index (κ2) is 12.7. The molecule has 9 nitrogen and oxygen atoms in total. The number of rotatable bonds is 15. The van der Waals surface area contributed by atoms with Gasteiger partial charge in [-0.2, -0.15) is 0 Å². The molecule has 0 aliphatic carbocycles. The Labute approximate surface area is 209 Å². The lowest BCUT2D eigenvalue weighted by Gasteiger charge is -2.54. The minimum absolute atomic E-state index is 0.0165. The van der Waals surface area contributed by atoms with Crippen molar-refractivity contribution in [2.24, 2.45) is 16.9 Å². The van der Waals surface area contributed by atoms with Crippen LogP contribution in [0.4, 0.5) is 0 Å². The lowest BCUT2D eigenvalue weighted by molar-refractivity contribution is -0.149. The van der Waals surface area contributed by atoms with E-state index in [1.165, 1.54) is 13.8 Å². The van der Waals surface area contributed by atoms with Gasteiger partial charge in [0, 0.05) is 17.9 Å². The van der Waals surface area contributed by atoms with Crippen LogP contribution in [-0.4, -0.2) is 56.8 Å². The molecule has 10 heteroatoms. The second-order valence-corrected chi connectivity index (χ2v) is 10.9. The average Bonchev–Trinajstić information content (AvgIpc) is 2.81. The number of nitrogens with one attached hydrogen (secondary N) is 1. The summed E-state index contributed by atoms with van der Waals surface area (Å²) < 4.78 is 12.7. The highest BCUT2D eigenvalue weighted by Crippen LogP contribution is 2.53. The number of carboxylic acids is 1. The molecular weight excluding hydrogens is 469 g/mol. The summed E-state index contributed by atoms with van der Waals surface area (Å²) in [5.41, 5.74) is 9.64. The smallest absolute Gasteiger partial charge is 0.320 e. The highest BCUT2D eigenvalue weighted by Gasteiger charge is 2.66. The summed E-state index contributed by atoms with van der Waals surface area (Å²) in [5, 5.41) is 21.4. The quantitative estimate of drug-likeness (QED) is 0.224. The zero-order chi connectivity index (χ0) is 27.0. The van der Waals surface area contributed by atoms with Gasteiger partial charge in [0.1, 0.15) is 16.7 Å². The predicted molar refractivity (Wildman–Crippen MR) is 135 cm³/mol. The molecule has 196 valence electrons. The standard InChI is InChI=1S/C25H40N3O6P/c1-6-19(29)25(27,22(33)28-16(2)3)23(4,15-18(26)21(31)32)24(5,35-34)20(30)14-10-13-17-11-8-7-9-12-17/h7-9,11-12,16,18-19,29H,6,10,13-15,26-27H2,1-5H3,(H,28,33)(H,31,32)/t18-,19?,23?,24?,25?/m0/s1. The summed E-state index contributed by atoms with van der Waals surface area (Å²) in [5.74, 6) is -2.59. The number of aliphatic hydroxyl groups excluding tert-OH is 1. The van der Waals surface area contributed by atoms with E-state index in [0.717, 1.165) is 5.56 Å². The van der Waals surface area contributed by atoms with E-state index in [2.05, 4.69) is 5.32 Å². The second-order valence-electron chi connectivity index (χ2n) is 9.83. The van der Waals surface area contributed by atoms with Crippen LogP contribution in [0.25, 0.3) is 0 Å². The van der Waals surface area contributed by atoms with Gasteiger partial charge >= 0.3 is 5.97 Å². The lowest BCUT2D eigenvalue weighted by Crippen LogP contribution is -2.76. The van der Waals surface area contributed by atoms with Gasteiger partial charge in [-0.3, -0.25) is 18.9 Å². The number of aryl methyl sites for hydroxylation is 1. The number of Topliss-reactive ketones (excluding diaryl/α,β-unsaturated/α-hetero) is 1. The number of amides is 1. The van der Waals surface area contributed by atoms with Gasteiger partial charge in [0.25, 0.3) is 0 Å². The molecular formula is C25H40N3O6P. The molecule has 0 aliphatic rings. The Morgan fingerprint density at radius 3 is 2.17 bits per heavy atom. The third-order valence-corrected chi connectivity index (χ3v) is 8.19. The highest BCUT2D eigenvalue weighted by molar-refractivity contribution is 7.28. The van der Waals surface area contributed by atoms with E-state index in [9.17, 15) is 29.2 Å². The van der Waals surface area contributed by atoms with Crippen molar-refractivity contribution in [3.63, 3.8) is 0 Å². The van der Waals surface area contributed by atoms with Crippen LogP contribution in [0.1, 0.15) is 65.9 Å². The van der Waals surface area contributed by atoms with E-state index in [-0.39, 0.29) is 18.9 Å². The van der Waals surface area contributed by atoms with Crippen molar-refractivity contribution < 1.29 is 29.2 Å². The highest BCUT2D eigenvalue weighted by atomic mass is 31.1. The Morgan fingerprint density at radius 2 is 1.71 bits per heavy atom. The van der Waals surface area contributed by atoms with E-state index in [0.29, 0.717) is 12.8 Å². The van der Waals surface area contributed by atoms with E-state index >= 15 is 0 Å². The molecule has 35 heavy (non-hydrogen) atoms. The van der Waals surface area contributed by atoms with Crippen molar-refractivity contribution in [1.82, 2.24) is 5.32 Å². The van der Waals surface area contributed by atoms with Crippen LogP contribution >= 0.6 is 8.46 Å². The van der Waals surface area contributed by atoms with Crippen LogP contribution in [0, 0.1) is 5.41 Å². The van der Waals surface area contributed by atoms with Gasteiger partial charge in [-0.15, -0.1) is 0 Å². The number of nitrogens with two attached hydrogens (primary N) is 2. The van der Waals surface area contributed by atoms with Gasteiger partial charge in [0.05, 0.1) is 6.10 Å². The van der Waals surface area contributed by atoms with Crippen LogP contribution in [0.15, 0.2) is 30.3 Å². The minimum Gasteiger partial charge on any atom is -0.480 e. The molecule has 5 atom stereocenters. The van der Waals surface area contributed by atoms with Crippen molar-refractivity contribution in [2.45, 2.75) is 95.6 Å². The molecule has 0 spiro atoms. The number of carbonyl (C=O) groups excluding carboxylic acids is 2. The predicted octanol–water partition coefficient (Wildman–Crippen LogP) is 2.43. The molecule has 0 saturated carbocycles. The lowest BCUT2D eigenvalue weighted by atomic mass is 9.56. The Bertz CT molecular complexity index is 898. The molecule has 1 amide bonds. The number of ketones is 1. The van der Waals surface area contributed by atoms with E-state index in [1.54, 1.807) is 20.8 Å². The van der Waals surface area contributed by atoms with Crippen LogP contribution in [0.5, 0.6) is 0 Å². The van der Waals surface area contributed by atoms with Crippen molar-refractivity contribution in [3.8, 4) is 0 Å². The van der Waals surface area contributed by atoms with E-state index in [4.69, 9.17) is 11.5 Å². The monoisotopic (exact) mass is 509 g/mol. The number of aliphatic carboxylic acids is 1. The zero-order valence-electron chi connectivity index (χ0n) is 21.3. The van der Waals surface area contributed by atoms with Crippen LogP contribution in [0.3, 0.4) is 0 Å². The average molecular weight is 510 g/mol. The first kappa shape index (κ1) is 30.8. The van der Waals surface area contributed by atoms with Gasteiger partial charge in [0.2, 0.25) is 5.91 Å². The first-order chi connectivity index (χ1) is 16.2. The topological polar surface area (TPSA) is 173 Å². The van der Waals surface area contributed by atoms with E-state index < -0.39 is 60.8 Å². The Balaban J connectivity index is 3.57. The molecule has 7 N–H and O–H groups in total. The summed E-state index contributed by atoms with van der Waals surface area (Å²) in [6.45, 7) is 7.84. The maximum Gasteiger partial charge on any atom is 0.320 e. The fourth-order valence-electron chi connectivity index (χ4n) is 4.57. The van der Waals surface area contributed by atoms with Crippen molar-refractivity contribution >= 4 is 26.1 Å². The fourth-order valence-corrected chi connectivity index (χ4v) is 5.26. The van der Waals surface area contributed by atoms with Gasteiger partial charge in [0.15, 0.2) is 14.2 Å². The fraction of sp³-hybridized carbons (Fsp3) is 0.640. The maximum atomic E-state index is 13.6. The molecule has 1 aromatic carbocycles. The molecule has 0 aromatic heterocycles. The summed E-state index contributed by atoms with van der Waals surface area (Å²) in [6, 6.07) is 7.67. The summed E-state index contributed by atoms with van der Waals surface area (Å²) in [7, 11) is -0.650. The number of aliphatic hydroxyl groups is 1. The first-order valence-electron chi connectivity index (χ1n) is 11.9. The normalized spacial score (nSPS) is 18.7. The molecule has 0 heterocycles. The summed E-state index contributed by atoms with van der Waals surface area (Å²) in [4.78, 5) is 38.8. The van der Waals surface area contributed by atoms with Gasteiger partial charge in [-0.25, -0.2) is 0 Å². The molecule has 0 radical (unpaired) electrons. The molecule has 0 fully saturated rings. The number of hydrogen-bond donors (Lipinski definition) is 5. The zero-order valence-corrected chi connectivity index (χ0v) is 22.2. The maximum absolute atomic E-state index is 13.6. The molecule has 0 aliphatic heterocycles. The minimum atomic E-state index is -2.17. The molecule has 0 saturated heterocycles. The number of benzene rings is 1. The molecule has 1 rings (SSSR count). The first-order valence-corrected chi connectivity index (χ1v) is 12.7. The van der Waals surface area contributed by atoms with E-state index in [1.807, 2.05) is 30.3 Å². The van der Waals surface area contributed by atoms with Crippen LogP contribution < -0.4 is 16.8 Å². The Kier molecular flexibility index (Phi) is 11.2. The molecule has 1 aromatic rings. The summed E-state index contributed by atoms with van der Waals surface area (Å²) >= 11 is 0. The van der Waals surface area contributed by atoms with Crippen molar-refractivity contribution in [1.29, 1.82) is 0 Å². The Hall–Kier alpha value is -2.19. The number of carbonyl (C=O) groups is 3. The van der Waals surface area contributed by atoms with Gasteiger partial charge < -0.3 is 27.0 Å². The SMILES string of the molecule is CCC(O)C(N)(C(=O)NC(C)C)C(C)(C[C@H](N)C(=O)O)C(C)(P=O)C(=O)CCCc1ccccc1. The van der Waals surface area contributed by atoms with Crippen molar-refractivity contribution in [3.05, 3.63) is 35.9 Å². The van der Waals surface area contributed by atoms with Crippen LogP contribution in [0.2, 0.25) is 0 Å². The van der Waals surface area contributed by atoms with Crippen LogP contribution in [-0.2, 0) is 25.4 Å². The molecule has 0 bridgehead atoms. The Morgan fingerprint density at radius 1 is 1.14 bits per heavy atom. The third-order valence-electron chi connectivity index (χ3n) is 7.08. The number of carboxylic acid groups (broad SMARTS) is 1.